The topological polar surface area (TPSA) is 55.6 Å². The summed E-state index contributed by atoms with van der Waals surface area (Å²) in [6, 6.07) is 6.83. The van der Waals surface area contributed by atoms with E-state index in [1.807, 2.05) is 0 Å². The van der Waals surface area contributed by atoms with E-state index in [1.165, 1.54) is 12.8 Å². The zero-order valence-corrected chi connectivity index (χ0v) is 11.8. The maximum atomic E-state index is 3.95. The Bertz CT molecular complexity index is 507. The second kappa shape index (κ2) is 6.31. The summed E-state index contributed by atoms with van der Waals surface area (Å²) in [5, 5.41) is 14.9. The van der Waals surface area contributed by atoms with Crippen molar-refractivity contribution in [3.63, 3.8) is 0 Å². The van der Waals surface area contributed by atoms with E-state index in [1.54, 1.807) is 11.0 Å². The fraction of sp³-hybridized carbons (Fsp3) is 0.500. The van der Waals surface area contributed by atoms with E-state index in [9.17, 15) is 0 Å². The molecule has 19 heavy (non-hydrogen) atoms. The van der Waals surface area contributed by atoms with Gasteiger partial charge in [0.25, 0.3) is 0 Å². The van der Waals surface area contributed by atoms with E-state index in [4.69, 9.17) is 0 Å². The molecule has 0 fully saturated rings. The number of aromatic nitrogens is 4. The zero-order chi connectivity index (χ0) is 13.7. The first-order valence-corrected chi connectivity index (χ1v) is 6.85. The molecule has 1 atom stereocenters. The van der Waals surface area contributed by atoms with Crippen LogP contribution in [0.15, 0.2) is 24.5 Å². The Morgan fingerprint density at radius 2 is 2.16 bits per heavy atom. The maximum absolute atomic E-state index is 3.95. The molecule has 0 saturated heterocycles. The SMILES string of the molecule is CCCC(CC)Nc1ccc(C)c(-n2cnnn2)c1. The van der Waals surface area contributed by atoms with Gasteiger partial charge in [-0.1, -0.05) is 26.3 Å². The summed E-state index contributed by atoms with van der Waals surface area (Å²) in [5.41, 5.74) is 3.29. The van der Waals surface area contributed by atoms with Crippen molar-refractivity contribution in [2.75, 3.05) is 5.32 Å². The van der Waals surface area contributed by atoms with Gasteiger partial charge in [-0.3, -0.25) is 0 Å². The van der Waals surface area contributed by atoms with Crippen molar-refractivity contribution >= 4 is 5.69 Å². The molecule has 0 aliphatic carbocycles. The predicted octanol–water partition coefficient (Wildman–Crippen LogP) is 2.96. The number of nitrogens with one attached hydrogen (secondary N) is 1. The van der Waals surface area contributed by atoms with Crippen molar-refractivity contribution in [1.29, 1.82) is 0 Å². The number of hydrogen-bond donors (Lipinski definition) is 1. The van der Waals surface area contributed by atoms with Gasteiger partial charge in [-0.2, -0.15) is 0 Å². The average molecular weight is 259 g/mol. The van der Waals surface area contributed by atoms with E-state index in [-0.39, 0.29) is 0 Å². The van der Waals surface area contributed by atoms with Crippen molar-refractivity contribution in [2.45, 2.75) is 46.1 Å². The molecule has 0 saturated carbocycles. The van der Waals surface area contributed by atoms with Crippen molar-refractivity contribution in [1.82, 2.24) is 20.2 Å². The van der Waals surface area contributed by atoms with Gasteiger partial charge in [-0.15, -0.1) is 5.10 Å². The summed E-state index contributed by atoms with van der Waals surface area (Å²) in [6.45, 7) is 6.49. The largest absolute Gasteiger partial charge is 0.382 e. The minimum absolute atomic E-state index is 0.523. The molecule has 1 aromatic heterocycles. The summed E-state index contributed by atoms with van der Waals surface area (Å²) in [7, 11) is 0. The van der Waals surface area contributed by atoms with Gasteiger partial charge >= 0.3 is 0 Å². The minimum Gasteiger partial charge on any atom is -0.382 e. The lowest BCUT2D eigenvalue weighted by Crippen LogP contribution is -2.18. The first kappa shape index (κ1) is 13.5. The normalized spacial score (nSPS) is 12.4. The highest BCUT2D eigenvalue weighted by atomic mass is 15.5. The quantitative estimate of drug-likeness (QED) is 0.866. The molecule has 0 aliphatic heterocycles. The molecule has 1 unspecified atom stereocenters. The van der Waals surface area contributed by atoms with Gasteiger partial charge in [0.15, 0.2) is 0 Å². The molecule has 2 rings (SSSR count). The first-order valence-electron chi connectivity index (χ1n) is 6.85. The van der Waals surface area contributed by atoms with Gasteiger partial charge in [0, 0.05) is 11.7 Å². The van der Waals surface area contributed by atoms with Gasteiger partial charge in [-0.05, 0) is 47.9 Å². The van der Waals surface area contributed by atoms with E-state index in [2.05, 4.69) is 59.8 Å². The van der Waals surface area contributed by atoms with Crippen molar-refractivity contribution in [3.05, 3.63) is 30.1 Å². The van der Waals surface area contributed by atoms with Gasteiger partial charge in [0.2, 0.25) is 0 Å². The molecule has 0 bridgehead atoms. The van der Waals surface area contributed by atoms with Gasteiger partial charge in [0.1, 0.15) is 6.33 Å². The van der Waals surface area contributed by atoms with E-state index in [0.29, 0.717) is 6.04 Å². The number of hydrogen-bond acceptors (Lipinski definition) is 4. The first-order chi connectivity index (χ1) is 9.24. The monoisotopic (exact) mass is 259 g/mol. The van der Waals surface area contributed by atoms with Crippen LogP contribution in [0.3, 0.4) is 0 Å². The van der Waals surface area contributed by atoms with Crippen molar-refractivity contribution < 1.29 is 0 Å². The highest BCUT2D eigenvalue weighted by Crippen LogP contribution is 2.20. The molecule has 0 radical (unpaired) electrons. The minimum atomic E-state index is 0.523. The number of rotatable bonds is 6. The molecular weight excluding hydrogens is 238 g/mol. The molecular formula is C14H21N5. The molecule has 0 amide bonds. The Hall–Kier alpha value is -1.91. The molecule has 0 aliphatic rings. The highest BCUT2D eigenvalue weighted by molar-refractivity contribution is 5.54. The Labute approximate surface area is 114 Å². The van der Waals surface area contributed by atoms with Gasteiger partial charge in [-0.25, -0.2) is 4.68 Å². The van der Waals surface area contributed by atoms with Crippen LogP contribution in [0.2, 0.25) is 0 Å². The van der Waals surface area contributed by atoms with Crippen LogP contribution in [0.5, 0.6) is 0 Å². The van der Waals surface area contributed by atoms with Crippen LogP contribution in [0.4, 0.5) is 5.69 Å². The highest BCUT2D eigenvalue weighted by Gasteiger charge is 2.08. The summed E-state index contributed by atoms with van der Waals surface area (Å²) < 4.78 is 1.70. The number of nitrogens with zero attached hydrogens (tertiary/aromatic N) is 4. The summed E-state index contributed by atoms with van der Waals surface area (Å²) >= 11 is 0. The molecule has 0 spiro atoms. The molecule has 1 heterocycles. The van der Waals surface area contributed by atoms with Crippen LogP contribution >= 0.6 is 0 Å². The second-order valence-electron chi connectivity index (χ2n) is 4.79. The third-order valence-electron chi connectivity index (χ3n) is 3.31. The van der Waals surface area contributed by atoms with Crippen molar-refractivity contribution in [2.24, 2.45) is 0 Å². The van der Waals surface area contributed by atoms with Crippen LogP contribution < -0.4 is 5.32 Å². The third-order valence-corrected chi connectivity index (χ3v) is 3.31. The van der Waals surface area contributed by atoms with Crippen LogP contribution in [0.25, 0.3) is 5.69 Å². The van der Waals surface area contributed by atoms with E-state index < -0.39 is 0 Å². The fourth-order valence-electron chi connectivity index (χ4n) is 2.18. The Morgan fingerprint density at radius 3 is 2.79 bits per heavy atom. The predicted molar refractivity (Wildman–Crippen MR) is 76.5 cm³/mol. The lowest BCUT2D eigenvalue weighted by molar-refractivity contribution is 0.622. The lowest BCUT2D eigenvalue weighted by atomic mass is 10.1. The van der Waals surface area contributed by atoms with E-state index in [0.717, 1.165) is 23.4 Å². The summed E-state index contributed by atoms with van der Waals surface area (Å²) in [6.07, 6.45) is 5.12. The van der Waals surface area contributed by atoms with Crippen LogP contribution in [-0.4, -0.2) is 26.2 Å². The van der Waals surface area contributed by atoms with Crippen molar-refractivity contribution in [3.8, 4) is 5.69 Å². The molecule has 1 aromatic carbocycles. The molecule has 5 heteroatoms. The fourth-order valence-corrected chi connectivity index (χ4v) is 2.18. The van der Waals surface area contributed by atoms with Gasteiger partial charge < -0.3 is 5.32 Å². The number of aryl methyl sites for hydroxylation is 1. The van der Waals surface area contributed by atoms with Gasteiger partial charge in [0.05, 0.1) is 5.69 Å². The van der Waals surface area contributed by atoms with Crippen LogP contribution in [0, 0.1) is 6.92 Å². The molecule has 1 N–H and O–H groups in total. The number of anilines is 1. The standard InChI is InChI=1S/C14H21N5/c1-4-6-12(5-2)16-13-8-7-11(3)14(9-13)19-10-15-17-18-19/h7-10,12,16H,4-6H2,1-3H3. The Kier molecular flexibility index (Phi) is 4.49. The third kappa shape index (κ3) is 3.30. The van der Waals surface area contributed by atoms with Crippen LogP contribution in [0.1, 0.15) is 38.7 Å². The molecule has 2 aromatic rings. The zero-order valence-electron chi connectivity index (χ0n) is 11.8. The average Bonchev–Trinajstić information content (AvgIpc) is 2.94. The Morgan fingerprint density at radius 1 is 1.32 bits per heavy atom. The molecule has 5 nitrogen and oxygen atoms in total. The van der Waals surface area contributed by atoms with Crippen LogP contribution in [-0.2, 0) is 0 Å². The number of benzene rings is 1. The Balaban J connectivity index is 2.21. The number of tetrazole rings is 1. The summed E-state index contributed by atoms with van der Waals surface area (Å²) in [4.78, 5) is 0. The maximum Gasteiger partial charge on any atom is 0.143 e. The molecule has 102 valence electrons. The second-order valence-corrected chi connectivity index (χ2v) is 4.79. The summed E-state index contributed by atoms with van der Waals surface area (Å²) in [5.74, 6) is 0. The van der Waals surface area contributed by atoms with E-state index >= 15 is 0 Å². The smallest absolute Gasteiger partial charge is 0.143 e. The lowest BCUT2D eigenvalue weighted by Gasteiger charge is -2.18.